The number of nitrogens with two attached hydrogens (primary N) is 1. The summed E-state index contributed by atoms with van der Waals surface area (Å²) < 4.78 is 5.12. The highest BCUT2D eigenvalue weighted by atomic mass is 35.5. The maximum atomic E-state index is 12.1. The third-order valence-corrected chi connectivity index (χ3v) is 3.66. The number of nitrogen functional groups attached to an aromatic ring is 1. The van der Waals surface area contributed by atoms with E-state index in [0.29, 0.717) is 22.0 Å². The van der Waals surface area contributed by atoms with Gasteiger partial charge in [0.05, 0.1) is 29.5 Å². The Morgan fingerprint density at radius 2 is 2.20 bits per heavy atom. The van der Waals surface area contributed by atoms with Gasteiger partial charge >= 0.3 is 0 Å². The molecular formula is C14H21ClN2O3. The third-order valence-electron chi connectivity index (χ3n) is 3.34. The summed E-state index contributed by atoms with van der Waals surface area (Å²) in [5.74, 6) is 0.112. The van der Waals surface area contributed by atoms with Crippen molar-refractivity contribution in [3.8, 4) is 5.75 Å². The van der Waals surface area contributed by atoms with Crippen molar-refractivity contribution in [2.24, 2.45) is 5.92 Å². The number of aliphatic hydroxyl groups excluding tert-OH is 1. The van der Waals surface area contributed by atoms with Gasteiger partial charge in [-0.3, -0.25) is 4.79 Å². The number of hydrogen-bond donors (Lipinski definition) is 3. The summed E-state index contributed by atoms with van der Waals surface area (Å²) in [4.78, 5) is 12.1. The van der Waals surface area contributed by atoms with Gasteiger partial charge in [-0.05, 0) is 12.0 Å². The fourth-order valence-corrected chi connectivity index (χ4v) is 1.84. The zero-order valence-electron chi connectivity index (χ0n) is 11.9. The van der Waals surface area contributed by atoms with Crippen molar-refractivity contribution in [3.63, 3.8) is 0 Å². The number of carbonyl (C=O) groups is 1. The van der Waals surface area contributed by atoms with Crippen LogP contribution in [-0.2, 0) is 0 Å². The lowest BCUT2D eigenvalue weighted by molar-refractivity contribution is 0.0847. The molecule has 0 fully saturated rings. The van der Waals surface area contributed by atoms with Crippen molar-refractivity contribution >= 4 is 23.2 Å². The first kappa shape index (κ1) is 16.6. The first-order valence-electron chi connectivity index (χ1n) is 6.49. The van der Waals surface area contributed by atoms with Crippen molar-refractivity contribution in [2.75, 3.05) is 19.4 Å². The lowest BCUT2D eigenvalue weighted by atomic mass is 10.0. The molecule has 0 aliphatic heterocycles. The molecule has 1 amide bonds. The molecule has 20 heavy (non-hydrogen) atoms. The molecule has 112 valence electrons. The molecule has 0 heterocycles. The van der Waals surface area contributed by atoms with Gasteiger partial charge in [-0.15, -0.1) is 0 Å². The average Bonchev–Trinajstić information content (AvgIpc) is 2.45. The van der Waals surface area contributed by atoms with Gasteiger partial charge in [-0.1, -0.05) is 31.9 Å². The van der Waals surface area contributed by atoms with E-state index in [1.807, 2.05) is 13.8 Å². The van der Waals surface area contributed by atoms with E-state index >= 15 is 0 Å². The van der Waals surface area contributed by atoms with Crippen LogP contribution in [0.1, 0.15) is 30.6 Å². The topological polar surface area (TPSA) is 84.6 Å². The molecule has 1 aromatic carbocycles. The van der Waals surface area contributed by atoms with E-state index in [4.69, 9.17) is 22.1 Å². The van der Waals surface area contributed by atoms with E-state index < -0.39 is 6.10 Å². The van der Waals surface area contributed by atoms with Crippen molar-refractivity contribution in [1.82, 2.24) is 5.32 Å². The van der Waals surface area contributed by atoms with Gasteiger partial charge in [0.2, 0.25) is 0 Å². The quantitative estimate of drug-likeness (QED) is 0.702. The summed E-state index contributed by atoms with van der Waals surface area (Å²) in [5, 5.41) is 12.8. The fraction of sp³-hybridized carbons (Fsp3) is 0.500. The van der Waals surface area contributed by atoms with Crippen molar-refractivity contribution in [3.05, 3.63) is 22.7 Å². The Kier molecular flexibility index (Phi) is 6.10. The first-order valence-corrected chi connectivity index (χ1v) is 6.87. The van der Waals surface area contributed by atoms with Crippen LogP contribution in [0, 0.1) is 5.92 Å². The number of carbonyl (C=O) groups excluding carboxylic acids is 1. The lowest BCUT2D eigenvalue weighted by Crippen LogP contribution is -2.35. The molecule has 4 N–H and O–H groups in total. The highest BCUT2D eigenvalue weighted by Crippen LogP contribution is 2.28. The second-order valence-corrected chi connectivity index (χ2v) is 5.14. The number of hydrogen-bond acceptors (Lipinski definition) is 4. The van der Waals surface area contributed by atoms with E-state index in [1.165, 1.54) is 19.2 Å². The molecule has 1 rings (SSSR count). The van der Waals surface area contributed by atoms with Crippen LogP contribution in [0.2, 0.25) is 5.02 Å². The molecule has 0 saturated heterocycles. The number of ether oxygens (including phenoxy) is 1. The molecule has 0 aromatic heterocycles. The van der Waals surface area contributed by atoms with Gasteiger partial charge in [0.15, 0.2) is 0 Å². The summed E-state index contributed by atoms with van der Waals surface area (Å²) in [6.45, 7) is 4.09. The van der Waals surface area contributed by atoms with Gasteiger partial charge in [-0.2, -0.15) is 0 Å². The van der Waals surface area contributed by atoms with Gasteiger partial charge < -0.3 is 20.9 Å². The molecule has 0 aliphatic rings. The molecule has 6 heteroatoms. The van der Waals surface area contributed by atoms with Crippen molar-refractivity contribution in [1.29, 1.82) is 0 Å². The minimum Gasteiger partial charge on any atom is -0.496 e. The zero-order chi connectivity index (χ0) is 15.3. The predicted octanol–water partition coefficient (Wildman–Crippen LogP) is 2.07. The fourth-order valence-electron chi connectivity index (χ4n) is 1.68. The van der Waals surface area contributed by atoms with Crippen LogP contribution in [-0.4, -0.2) is 30.8 Å². The van der Waals surface area contributed by atoms with E-state index in [0.717, 1.165) is 6.42 Å². The Morgan fingerprint density at radius 1 is 1.55 bits per heavy atom. The molecule has 1 aromatic rings. The maximum absolute atomic E-state index is 12.1. The van der Waals surface area contributed by atoms with Gasteiger partial charge in [-0.25, -0.2) is 0 Å². The second-order valence-electron chi connectivity index (χ2n) is 4.74. The normalized spacial score (nSPS) is 13.7. The summed E-state index contributed by atoms with van der Waals surface area (Å²) in [7, 11) is 1.45. The van der Waals surface area contributed by atoms with E-state index in [-0.39, 0.29) is 18.4 Å². The molecule has 2 atom stereocenters. The van der Waals surface area contributed by atoms with Gasteiger partial charge in [0, 0.05) is 12.6 Å². The number of aliphatic hydroxyl groups is 1. The Hall–Kier alpha value is -1.46. The van der Waals surface area contributed by atoms with Crippen LogP contribution in [0.4, 0.5) is 5.69 Å². The second kappa shape index (κ2) is 7.36. The SMILES string of the molecule is CCC(C)C(O)CNC(=O)c1cc(Cl)c(N)cc1OC. The molecule has 0 radical (unpaired) electrons. The number of amides is 1. The Labute approximate surface area is 124 Å². The number of halogens is 1. The van der Waals surface area contributed by atoms with Crippen LogP contribution in [0.3, 0.4) is 0 Å². The highest BCUT2D eigenvalue weighted by Gasteiger charge is 2.17. The number of methoxy groups -OCH3 is 1. The summed E-state index contributed by atoms with van der Waals surface area (Å²) in [6.07, 6.45) is 0.257. The molecule has 5 nitrogen and oxygen atoms in total. The van der Waals surface area contributed by atoms with Crippen LogP contribution < -0.4 is 15.8 Å². The zero-order valence-corrected chi connectivity index (χ0v) is 12.7. The maximum Gasteiger partial charge on any atom is 0.255 e. The monoisotopic (exact) mass is 300 g/mol. The molecule has 2 unspecified atom stereocenters. The van der Waals surface area contributed by atoms with Crippen LogP contribution in [0.15, 0.2) is 12.1 Å². The van der Waals surface area contributed by atoms with Crippen LogP contribution in [0.25, 0.3) is 0 Å². The summed E-state index contributed by atoms with van der Waals surface area (Å²) in [6, 6.07) is 2.96. The molecular weight excluding hydrogens is 280 g/mol. The van der Waals surface area contributed by atoms with Crippen molar-refractivity contribution in [2.45, 2.75) is 26.4 Å². The molecule has 0 spiro atoms. The Morgan fingerprint density at radius 3 is 2.75 bits per heavy atom. The van der Waals surface area contributed by atoms with E-state index in [1.54, 1.807) is 0 Å². The van der Waals surface area contributed by atoms with Gasteiger partial charge in [0.1, 0.15) is 5.75 Å². The van der Waals surface area contributed by atoms with Crippen LogP contribution >= 0.6 is 11.6 Å². The van der Waals surface area contributed by atoms with Crippen LogP contribution in [0.5, 0.6) is 5.75 Å². The third kappa shape index (κ3) is 4.02. The Balaban J connectivity index is 2.80. The minimum atomic E-state index is -0.584. The van der Waals surface area contributed by atoms with Crippen molar-refractivity contribution < 1.29 is 14.6 Å². The number of benzene rings is 1. The molecule has 0 bridgehead atoms. The summed E-state index contributed by atoms with van der Waals surface area (Å²) in [5.41, 5.74) is 6.30. The predicted molar refractivity (Wildman–Crippen MR) is 80.2 cm³/mol. The number of nitrogens with one attached hydrogen (secondary N) is 1. The first-order chi connectivity index (χ1) is 9.40. The lowest BCUT2D eigenvalue weighted by Gasteiger charge is -2.18. The smallest absolute Gasteiger partial charge is 0.255 e. The standard InChI is InChI=1S/C14H21ClN2O3/c1-4-8(2)12(18)7-17-14(19)9-5-10(15)11(16)6-13(9)20-3/h5-6,8,12,18H,4,7,16H2,1-3H3,(H,17,19). The molecule has 0 aliphatic carbocycles. The number of anilines is 1. The van der Waals surface area contributed by atoms with Gasteiger partial charge in [0.25, 0.3) is 5.91 Å². The number of rotatable bonds is 6. The largest absolute Gasteiger partial charge is 0.496 e. The highest BCUT2D eigenvalue weighted by molar-refractivity contribution is 6.33. The molecule has 0 saturated carbocycles. The minimum absolute atomic E-state index is 0.118. The van der Waals surface area contributed by atoms with E-state index in [9.17, 15) is 9.90 Å². The van der Waals surface area contributed by atoms with E-state index in [2.05, 4.69) is 5.32 Å². The Bertz CT molecular complexity index is 480. The summed E-state index contributed by atoms with van der Waals surface area (Å²) >= 11 is 5.91. The average molecular weight is 301 g/mol.